The Bertz CT molecular complexity index is 856. The summed E-state index contributed by atoms with van der Waals surface area (Å²) in [6.07, 6.45) is 6.52. The monoisotopic (exact) mass is 472 g/mol. The molecule has 0 bridgehead atoms. The molecular formula is C26H36N2O6. The molecule has 0 aliphatic heterocycles. The molecule has 0 saturated heterocycles. The second kappa shape index (κ2) is 14.7. The maximum absolute atomic E-state index is 12.3. The van der Waals surface area contributed by atoms with Gasteiger partial charge in [0.25, 0.3) is 0 Å². The molecule has 0 aliphatic carbocycles. The minimum absolute atomic E-state index is 0.0452. The fourth-order valence-corrected chi connectivity index (χ4v) is 3.53. The van der Waals surface area contributed by atoms with Gasteiger partial charge >= 0.3 is 0 Å². The van der Waals surface area contributed by atoms with E-state index in [0.29, 0.717) is 47.2 Å². The molecule has 2 amide bonds. The summed E-state index contributed by atoms with van der Waals surface area (Å²) in [5.41, 5.74) is 1.22. The lowest BCUT2D eigenvalue weighted by molar-refractivity contribution is -0.117. The molecule has 2 N–H and O–H groups in total. The Morgan fingerprint density at radius 2 is 0.971 bits per heavy atom. The summed E-state index contributed by atoms with van der Waals surface area (Å²) in [6.45, 7) is 0. The molecule has 2 rings (SSSR count). The Hall–Kier alpha value is -3.42. The van der Waals surface area contributed by atoms with Crippen LogP contribution in [0.4, 0.5) is 11.4 Å². The first-order valence-corrected chi connectivity index (χ1v) is 11.5. The van der Waals surface area contributed by atoms with E-state index in [1.54, 1.807) is 64.8 Å². The molecule has 0 aliphatic rings. The van der Waals surface area contributed by atoms with Crippen molar-refractivity contribution in [1.82, 2.24) is 0 Å². The zero-order valence-corrected chi connectivity index (χ0v) is 20.6. The largest absolute Gasteiger partial charge is 0.497 e. The van der Waals surface area contributed by atoms with Crippen LogP contribution >= 0.6 is 0 Å². The predicted octanol–water partition coefficient (Wildman–Crippen LogP) is 5.42. The molecule has 186 valence electrons. The summed E-state index contributed by atoms with van der Waals surface area (Å²) < 4.78 is 21.0. The zero-order valence-electron chi connectivity index (χ0n) is 20.6. The number of methoxy groups -OCH3 is 4. The number of hydrogen-bond acceptors (Lipinski definition) is 6. The van der Waals surface area contributed by atoms with Crippen LogP contribution < -0.4 is 29.6 Å². The molecule has 2 aromatic rings. The number of ether oxygens (including phenoxy) is 4. The van der Waals surface area contributed by atoms with E-state index < -0.39 is 0 Å². The third kappa shape index (κ3) is 8.84. The minimum Gasteiger partial charge on any atom is -0.497 e. The molecule has 0 saturated carbocycles. The first-order chi connectivity index (χ1) is 16.5. The minimum atomic E-state index is -0.0452. The van der Waals surface area contributed by atoms with Crippen molar-refractivity contribution in [2.45, 2.75) is 51.4 Å². The Balaban J connectivity index is 1.59. The molecule has 0 aromatic heterocycles. The molecule has 8 nitrogen and oxygen atoms in total. The fraction of sp³-hybridized carbons (Fsp3) is 0.462. The second-order valence-corrected chi connectivity index (χ2v) is 7.85. The van der Waals surface area contributed by atoms with Gasteiger partial charge in [-0.05, 0) is 37.1 Å². The topological polar surface area (TPSA) is 95.1 Å². The van der Waals surface area contributed by atoms with Crippen molar-refractivity contribution in [1.29, 1.82) is 0 Å². The lowest BCUT2D eigenvalue weighted by Crippen LogP contribution is -2.12. The maximum atomic E-state index is 12.3. The van der Waals surface area contributed by atoms with Gasteiger partial charge in [0.05, 0.1) is 39.8 Å². The number of rotatable bonds is 15. The fourth-order valence-electron chi connectivity index (χ4n) is 3.53. The van der Waals surface area contributed by atoms with Gasteiger partial charge in [-0.15, -0.1) is 0 Å². The van der Waals surface area contributed by atoms with Gasteiger partial charge in [0.2, 0.25) is 11.8 Å². The highest BCUT2D eigenvalue weighted by Crippen LogP contribution is 2.30. The highest BCUT2D eigenvalue weighted by Gasteiger charge is 2.10. The van der Waals surface area contributed by atoms with Crippen LogP contribution in [0.2, 0.25) is 0 Å². The number of carbonyl (C=O) groups excluding carboxylic acids is 2. The van der Waals surface area contributed by atoms with E-state index in [1.807, 2.05) is 0 Å². The molecular weight excluding hydrogens is 436 g/mol. The molecule has 0 atom stereocenters. The summed E-state index contributed by atoms with van der Waals surface area (Å²) in [5.74, 6) is 2.43. The van der Waals surface area contributed by atoms with Crippen molar-refractivity contribution in [3.05, 3.63) is 36.4 Å². The highest BCUT2D eigenvalue weighted by molar-refractivity contribution is 5.93. The van der Waals surface area contributed by atoms with Crippen molar-refractivity contribution in [2.24, 2.45) is 0 Å². The summed E-state index contributed by atoms with van der Waals surface area (Å²) in [4.78, 5) is 24.5. The number of amides is 2. The molecule has 34 heavy (non-hydrogen) atoms. The first-order valence-electron chi connectivity index (χ1n) is 11.5. The van der Waals surface area contributed by atoms with Crippen LogP contribution in [0.5, 0.6) is 23.0 Å². The molecule has 8 heteroatoms. The van der Waals surface area contributed by atoms with Gasteiger partial charge < -0.3 is 29.6 Å². The maximum Gasteiger partial charge on any atom is 0.224 e. The lowest BCUT2D eigenvalue weighted by Gasteiger charge is -2.12. The van der Waals surface area contributed by atoms with E-state index in [9.17, 15) is 9.59 Å². The standard InChI is InChI=1S/C26H36N2O6/c1-31-19-13-15-23(33-3)21(17-19)27-25(29)11-9-7-5-6-8-10-12-26(30)28-22-18-20(32-2)14-16-24(22)34-4/h13-18H,5-12H2,1-4H3,(H,27,29)(H,28,30). The van der Waals surface area contributed by atoms with E-state index in [2.05, 4.69) is 10.6 Å². The Kier molecular flexibility index (Phi) is 11.6. The van der Waals surface area contributed by atoms with Crippen LogP contribution in [-0.2, 0) is 9.59 Å². The van der Waals surface area contributed by atoms with Crippen LogP contribution in [0, 0.1) is 0 Å². The third-order valence-electron chi connectivity index (χ3n) is 5.42. The third-order valence-corrected chi connectivity index (χ3v) is 5.42. The molecule has 0 heterocycles. The summed E-state index contributed by atoms with van der Waals surface area (Å²) in [6, 6.07) is 10.6. The van der Waals surface area contributed by atoms with Gasteiger partial charge in [0, 0.05) is 25.0 Å². The summed E-state index contributed by atoms with van der Waals surface area (Å²) in [5, 5.41) is 5.78. The first kappa shape index (κ1) is 26.8. The van der Waals surface area contributed by atoms with Crippen molar-refractivity contribution >= 4 is 23.2 Å². The SMILES string of the molecule is COc1ccc(OC)c(NC(=O)CCCCCCCCC(=O)Nc2cc(OC)ccc2OC)c1. The predicted molar refractivity (Wildman–Crippen MR) is 133 cm³/mol. The van der Waals surface area contributed by atoms with E-state index in [-0.39, 0.29) is 11.8 Å². The van der Waals surface area contributed by atoms with Gasteiger partial charge in [-0.1, -0.05) is 25.7 Å². The van der Waals surface area contributed by atoms with Crippen molar-refractivity contribution in [3.8, 4) is 23.0 Å². The van der Waals surface area contributed by atoms with E-state index >= 15 is 0 Å². The van der Waals surface area contributed by atoms with Crippen LogP contribution in [0.1, 0.15) is 51.4 Å². The Morgan fingerprint density at radius 1 is 0.588 bits per heavy atom. The van der Waals surface area contributed by atoms with E-state index in [4.69, 9.17) is 18.9 Å². The lowest BCUT2D eigenvalue weighted by atomic mass is 10.1. The van der Waals surface area contributed by atoms with Gasteiger partial charge in [0.1, 0.15) is 23.0 Å². The van der Waals surface area contributed by atoms with Crippen LogP contribution in [0.15, 0.2) is 36.4 Å². The van der Waals surface area contributed by atoms with Crippen molar-refractivity contribution in [2.75, 3.05) is 39.1 Å². The van der Waals surface area contributed by atoms with Crippen LogP contribution in [-0.4, -0.2) is 40.3 Å². The molecule has 0 fully saturated rings. The number of anilines is 2. The average Bonchev–Trinajstić information content (AvgIpc) is 2.85. The summed E-state index contributed by atoms with van der Waals surface area (Å²) >= 11 is 0. The van der Waals surface area contributed by atoms with Crippen molar-refractivity contribution < 1.29 is 28.5 Å². The van der Waals surface area contributed by atoms with Crippen molar-refractivity contribution in [3.63, 3.8) is 0 Å². The van der Waals surface area contributed by atoms with Crippen LogP contribution in [0.25, 0.3) is 0 Å². The molecule has 2 aromatic carbocycles. The smallest absolute Gasteiger partial charge is 0.224 e. The number of unbranched alkanes of at least 4 members (excludes halogenated alkanes) is 5. The van der Waals surface area contributed by atoms with Gasteiger partial charge in [-0.3, -0.25) is 9.59 Å². The normalized spacial score (nSPS) is 10.4. The zero-order chi connectivity index (χ0) is 24.8. The van der Waals surface area contributed by atoms with Gasteiger partial charge in [0.15, 0.2) is 0 Å². The number of carbonyl (C=O) groups is 2. The van der Waals surface area contributed by atoms with E-state index in [0.717, 1.165) is 38.5 Å². The number of nitrogens with one attached hydrogen (secondary N) is 2. The highest BCUT2D eigenvalue weighted by atomic mass is 16.5. The molecule has 0 unspecified atom stereocenters. The number of hydrogen-bond donors (Lipinski definition) is 2. The van der Waals surface area contributed by atoms with Gasteiger partial charge in [-0.2, -0.15) is 0 Å². The molecule has 0 spiro atoms. The average molecular weight is 473 g/mol. The van der Waals surface area contributed by atoms with Gasteiger partial charge in [-0.25, -0.2) is 0 Å². The van der Waals surface area contributed by atoms with E-state index in [1.165, 1.54) is 0 Å². The molecule has 0 radical (unpaired) electrons. The number of benzene rings is 2. The quantitative estimate of drug-likeness (QED) is 0.336. The Labute approximate surface area is 201 Å². The summed E-state index contributed by atoms with van der Waals surface area (Å²) in [7, 11) is 6.29. The second-order valence-electron chi connectivity index (χ2n) is 7.85. The Morgan fingerprint density at radius 3 is 1.32 bits per heavy atom. The van der Waals surface area contributed by atoms with Crippen LogP contribution in [0.3, 0.4) is 0 Å².